The fraction of sp³-hybridized carbons (Fsp3) is 0.333. The highest BCUT2D eigenvalue weighted by Gasteiger charge is 2.25. The summed E-state index contributed by atoms with van der Waals surface area (Å²) in [6.45, 7) is 1.45. The van der Waals surface area contributed by atoms with E-state index < -0.39 is 5.91 Å². The molecule has 18 heavy (non-hydrogen) atoms. The van der Waals surface area contributed by atoms with Crippen molar-refractivity contribution < 1.29 is 9.53 Å². The molecule has 5 nitrogen and oxygen atoms in total. The Morgan fingerprint density at radius 2 is 2.44 bits per heavy atom. The number of nitrogens with two attached hydrogens (primary N) is 1. The topological polar surface area (TPSA) is 68.5 Å². The Hall–Kier alpha value is -1.66. The van der Waals surface area contributed by atoms with Crippen molar-refractivity contribution in [1.82, 2.24) is 4.98 Å². The van der Waals surface area contributed by atoms with Gasteiger partial charge in [0.1, 0.15) is 0 Å². The van der Waals surface area contributed by atoms with E-state index in [1.54, 1.807) is 17.4 Å². The maximum atomic E-state index is 11.3. The van der Waals surface area contributed by atoms with Crippen LogP contribution in [0, 0.1) is 6.07 Å². The lowest BCUT2D eigenvalue weighted by atomic mass is 10.2. The Kier molecular flexibility index (Phi) is 2.68. The standard InChI is InChI=1S/C12H12N3O2S/c1-15(7-5-17-6-7)12-14-10-8(11(13)16)3-2-4-9(10)18-12/h2,4,7H,5-6H2,1H3,(H2,13,16). The van der Waals surface area contributed by atoms with Gasteiger partial charge < -0.3 is 15.4 Å². The van der Waals surface area contributed by atoms with E-state index in [0.717, 1.165) is 23.0 Å². The van der Waals surface area contributed by atoms with Gasteiger partial charge in [0.05, 0.1) is 35.0 Å². The number of hydrogen-bond donors (Lipinski definition) is 1. The van der Waals surface area contributed by atoms with Crippen molar-refractivity contribution in [1.29, 1.82) is 0 Å². The molecule has 2 N–H and O–H groups in total. The van der Waals surface area contributed by atoms with Gasteiger partial charge in [0.25, 0.3) is 5.91 Å². The highest BCUT2D eigenvalue weighted by atomic mass is 32.1. The first kappa shape index (κ1) is 11.4. The Bertz CT molecular complexity index is 606. The quantitative estimate of drug-likeness (QED) is 0.897. The molecule has 0 unspecified atom stereocenters. The number of carbonyl (C=O) groups is 1. The third-order valence-corrected chi connectivity index (χ3v) is 4.17. The average Bonchev–Trinajstić information content (AvgIpc) is 2.69. The molecule has 1 fully saturated rings. The van der Waals surface area contributed by atoms with Crippen LogP contribution in [0.15, 0.2) is 12.1 Å². The molecule has 2 aromatic rings. The SMILES string of the molecule is CN(c1nc2c(C(N)=O)[c]ccc2s1)C1COC1. The van der Waals surface area contributed by atoms with Gasteiger partial charge in [-0.25, -0.2) is 4.98 Å². The molecule has 0 atom stereocenters. The number of anilines is 1. The minimum atomic E-state index is -0.493. The van der Waals surface area contributed by atoms with Gasteiger partial charge in [-0.3, -0.25) is 4.79 Å². The second-order valence-electron chi connectivity index (χ2n) is 4.23. The number of thiazole rings is 1. The van der Waals surface area contributed by atoms with Crippen molar-refractivity contribution in [2.45, 2.75) is 6.04 Å². The maximum absolute atomic E-state index is 11.3. The monoisotopic (exact) mass is 262 g/mol. The molecular formula is C12H12N3O2S. The summed E-state index contributed by atoms with van der Waals surface area (Å²) in [6, 6.07) is 6.82. The normalized spacial score (nSPS) is 15.6. The molecule has 6 heteroatoms. The summed E-state index contributed by atoms with van der Waals surface area (Å²) < 4.78 is 6.12. The summed E-state index contributed by atoms with van der Waals surface area (Å²) >= 11 is 1.55. The first-order valence-electron chi connectivity index (χ1n) is 5.58. The lowest BCUT2D eigenvalue weighted by Crippen LogP contribution is -2.47. The zero-order valence-corrected chi connectivity index (χ0v) is 10.7. The van der Waals surface area contributed by atoms with Gasteiger partial charge in [-0.2, -0.15) is 0 Å². The Morgan fingerprint density at radius 3 is 3.06 bits per heavy atom. The summed E-state index contributed by atoms with van der Waals surface area (Å²) in [6.07, 6.45) is 0. The number of hydrogen-bond acceptors (Lipinski definition) is 5. The largest absolute Gasteiger partial charge is 0.377 e. The molecule has 2 heterocycles. The predicted molar refractivity (Wildman–Crippen MR) is 70.0 cm³/mol. The highest BCUT2D eigenvalue weighted by Crippen LogP contribution is 2.31. The summed E-state index contributed by atoms with van der Waals surface area (Å²) in [4.78, 5) is 17.9. The molecule has 1 aromatic carbocycles. The minimum absolute atomic E-state index is 0.355. The number of fused-ring (bicyclic) bond motifs is 1. The zero-order valence-electron chi connectivity index (χ0n) is 9.84. The van der Waals surface area contributed by atoms with Crippen molar-refractivity contribution in [3.8, 4) is 0 Å². The number of nitrogens with zero attached hydrogens (tertiary/aromatic N) is 2. The van der Waals surface area contributed by atoms with Crippen LogP contribution in [0.25, 0.3) is 10.2 Å². The number of ether oxygens (including phenoxy) is 1. The minimum Gasteiger partial charge on any atom is -0.377 e. The van der Waals surface area contributed by atoms with Crippen LogP contribution < -0.4 is 10.6 Å². The summed E-state index contributed by atoms with van der Waals surface area (Å²) in [5.74, 6) is -0.493. The second kappa shape index (κ2) is 4.22. The van der Waals surface area contributed by atoms with E-state index in [9.17, 15) is 4.79 Å². The second-order valence-corrected chi connectivity index (χ2v) is 5.24. The third-order valence-electron chi connectivity index (χ3n) is 3.06. The van der Waals surface area contributed by atoms with Gasteiger partial charge in [0.2, 0.25) is 0 Å². The molecule has 1 aliphatic rings. The van der Waals surface area contributed by atoms with E-state index in [1.807, 2.05) is 13.1 Å². The van der Waals surface area contributed by atoms with Gasteiger partial charge >= 0.3 is 0 Å². The first-order chi connectivity index (χ1) is 8.66. The Morgan fingerprint density at radius 1 is 1.67 bits per heavy atom. The Balaban J connectivity index is 2.04. The number of likely N-dealkylation sites (N-methyl/N-ethyl adjacent to an activating group) is 1. The molecule has 0 saturated carbocycles. The predicted octanol–water partition coefficient (Wildman–Crippen LogP) is 1.03. The molecule has 0 bridgehead atoms. The molecule has 93 valence electrons. The number of benzene rings is 1. The number of carbonyl (C=O) groups excluding carboxylic acids is 1. The molecule has 1 saturated heterocycles. The van der Waals surface area contributed by atoms with Crippen LogP contribution in [0.3, 0.4) is 0 Å². The Labute approximate surface area is 108 Å². The van der Waals surface area contributed by atoms with Gasteiger partial charge in [-0.15, -0.1) is 0 Å². The fourth-order valence-corrected chi connectivity index (χ4v) is 2.83. The lowest BCUT2D eigenvalue weighted by molar-refractivity contribution is 0.0101. The van der Waals surface area contributed by atoms with E-state index in [2.05, 4.69) is 16.0 Å². The van der Waals surface area contributed by atoms with Crippen molar-refractivity contribution in [3.05, 3.63) is 23.8 Å². The molecule has 0 spiro atoms. The average molecular weight is 262 g/mol. The number of primary amides is 1. The van der Waals surface area contributed by atoms with E-state index in [4.69, 9.17) is 10.5 Å². The van der Waals surface area contributed by atoms with Crippen LogP contribution in [0.1, 0.15) is 10.4 Å². The van der Waals surface area contributed by atoms with Crippen LogP contribution in [0.4, 0.5) is 5.13 Å². The smallest absolute Gasteiger partial charge is 0.251 e. The summed E-state index contributed by atoms with van der Waals surface area (Å²) in [5, 5.41) is 0.875. The van der Waals surface area contributed by atoms with E-state index in [1.165, 1.54) is 0 Å². The fourth-order valence-electron chi connectivity index (χ4n) is 1.82. The van der Waals surface area contributed by atoms with Crippen molar-refractivity contribution in [2.75, 3.05) is 25.2 Å². The van der Waals surface area contributed by atoms with Crippen LogP contribution >= 0.6 is 11.3 Å². The van der Waals surface area contributed by atoms with Crippen LogP contribution in [-0.4, -0.2) is 37.2 Å². The highest BCUT2D eigenvalue weighted by molar-refractivity contribution is 7.22. The number of rotatable bonds is 3. The molecule has 1 aliphatic heterocycles. The van der Waals surface area contributed by atoms with E-state index in [-0.39, 0.29) is 0 Å². The molecular weight excluding hydrogens is 250 g/mol. The number of amides is 1. The lowest BCUT2D eigenvalue weighted by Gasteiger charge is -2.34. The number of aromatic nitrogens is 1. The molecule has 1 radical (unpaired) electrons. The first-order valence-corrected chi connectivity index (χ1v) is 6.40. The maximum Gasteiger partial charge on any atom is 0.251 e. The van der Waals surface area contributed by atoms with E-state index in [0.29, 0.717) is 17.1 Å². The van der Waals surface area contributed by atoms with Crippen molar-refractivity contribution in [3.63, 3.8) is 0 Å². The van der Waals surface area contributed by atoms with Gasteiger partial charge in [0, 0.05) is 7.05 Å². The summed E-state index contributed by atoms with van der Waals surface area (Å²) in [7, 11) is 1.98. The third kappa shape index (κ3) is 1.74. The van der Waals surface area contributed by atoms with Crippen LogP contribution in [-0.2, 0) is 4.74 Å². The molecule has 1 aromatic heterocycles. The summed E-state index contributed by atoms with van der Waals surface area (Å²) in [5.41, 5.74) is 6.31. The zero-order chi connectivity index (χ0) is 12.7. The molecule has 0 aliphatic carbocycles. The van der Waals surface area contributed by atoms with Gasteiger partial charge in [0.15, 0.2) is 5.13 Å². The molecule has 1 amide bonds. The van der Waals surface area contributed by atoms with Gasteiger partial charge in [-0.1, -0.05) is 17.4 Å². The van der Waals surface area contributed by atoms with Crippen LogP contribution in [0.5, 0.6) is 0 Å². The van der Waals surface area contributed by atoms with E-state index >= 15 is 0 Å². The van der Waals surface area contributed by atoms with Gasteiger partial charge in [-0.05, 0) is 12.1 Å². The van der Waals surface area contributed by atoms with Crippen molar-refractivity contribution in [2.24, 2.45) is 5.73 Å². The van der Waals surface area contributed by atoms with Crippen molar-refractivity contribution >= 4 is 32.6 Å². The molecule has 3 rings (SSSR count). The van der Waals surface area contributed by atoms with Crippen LogP contribution in [0.2, 0.25) is 0 Å².